The first-order chi connectivity index (χ1) is 1.00. The largest absolute Gasteiger partial charge is 0 e. The van der Waals surface area contributed by atoms with E-state index in [1.54, 1.807) is 0 Å². The molecule has 0 heterocycles. The normalized spacial score (nSPS) is 1.00. The van der Waals surface area contributed by atoms with Crippen molar-refractivity contribution in [3.63, 3.8) is 0 Å². The van der Waals surface area contributed by atoms with E-state index in [1.165, 1.54) is 0 Å². The molecule has 0 saturated carbocycles. The van der Waals surface area contributed by atoms with Gasteiger partial charge in [0.15, 0.2) is 0 Å². The van der Waals surface area contributed by atoms with Crippen molar-refractivity contribution in [3.05, 3.63) is 9.93 Å². The van der Waals surface area contributed by atoms with Gasteiger partial charge >= 0.3 is 0 Å². The average molecular weight is 212 g/mol. The third kappa shape index (κ3) is 11.3. The molecule has 2 nitrogen and oxygen atoms in total. The summed E-state index contributed by atoms with van der Waals surface area (Å²) in [5.41, 5.74) is 0. The molecule has 0 bridgehead atoms. The zero-order chi connectivity index (χ0) is 2.00. The fraction of sp³-hybridized carbons (Fsp3) is 0. The maximum atomic E-state index is 7.00. The van der Waals surface area contributed by atoms with E-state index in [0.717, 1.165) is 0 Å². The van der Waals surface area contributed by atoms with Gasteiger partial charge in [0.05, 0.1) is 0 Å². The minimum atomic E-state index is 0. The molecular formula is InO2Zn. The minimum Gasteiger partial charge on any atom is 0 e. The Morgan fingerprint density at radius 2 is 1.00 bits per heavy atom. The molecule has 0 saturated heterocycles. The van der Waals surface area contributed by atoms with Crippen molar-refractivity contribution >= 4 is 25.8 Å². The van der Waals surface area contributed by atoms with E-state index in [2.05, 4.69) is 0 Å². The van der Waals surface area contributed by atoms with E-state index in [1.807, 2.05) is 0 Å². The van der Waals surface area contributed by atoms with Crippen molar-refractivity contribution < 1.29 is 19.5 Å². The molecular weight excluding hydrogens is 212 g/mol. The van der Waals surface area contributed by atoms with Gasteiger partial charge in [-0.3, -0.25) is 0 Å². The van der Waals surface area contributed by atoms with E-state index in [-0.39, 0.29) is 45.3 Å². The second-order valence-corrected chi connectivity index (χ2v) is 0. The molecule has 0 N–H and O–H groups in total. The third-order valence-corrected chi connectivity index (χ3v) is 0. The molecule has 4 heteroatoms. The van der Waals surface area contributed by atoms with E-state index in [0.29, 0.717) is 0 Å². The minimum absolute atomic E-state index is 0. The average Bonchev–Trinajstić information content (AvgIpc) is 1.00. The number of hydrogen-bond acceptors (Lipinski definition) is 2. The Bertz CT molecular complexity index is 6.00. The van der Waals surface area contributed by atoms with Crippen molar-refractivity contribution in [1.29, 1.82) is 0 Å². The van der Waals surface area contributed by atoms with Gasteiger partial charge in [-0.15, -0.1) is 0 Å². The second kappa shape index (κ2) is 32.8. The molecule has 0 aromatic carbocycles. The molecule has 0 aromatic heterocycles. The van der Waals surface area contributed by atoms with Gasteiger partial charge in [0.2, 0.25) is 0 Å². The topological polar surface area (TPSA) is 34.1 Å². The zero-order valence-electron chi connectivity index (χ0n) is 2.10. The predicted molar refractivity (Wildman–Crippen MR) is 12.5 cm³/mol. The summed E-state index contributed by atoms with van der Waals surface area (Å²) < 4.78 is 0. The summed E-state index contributed by atoms with van der Waals surface area (Å²) in [4.78, 5) is 14.0. The van der Waals surface area contributed by atoms with Gasteiger partial charge in [-0.1, -0.05) is 0 Å². The number of rotatable bonds is 0. The van der Waals surface area contributed by atoms with Crippen LogP contribution in [-0.4, -0.2) is 25.8 Å². The van der Waals surface area contributed by atoms with Gasteiger partial charge in [0.25, 0.3) is 0 Å². The fourth-order valence-electron chi connectivity index (χ4n) is 0. The zero-order valence-corrected chi connectivity index (χ0v) is 8.36. The standard InChI is InChI=1S/In.O2.Zn/c;1-2;. The van der Waals surface area contributed by atoms with Gasteiger partial charge in [0.1, 0.15) is 0 Å². The van der Waals surface area contributed by atoms with Crippen LogP contribution < -0.4 is 0 Å². The molecule has 17 valence electrons. The maximum Gasteiger partial charge on any atom is 0 e. The summed E-state index contributed by atoms with van der Waals surface area (Å²) in [6, 6.07) is 0. The van der Waals surface area contributed by atoms with Crippen LogP contribution in [0.1, 0.15) is 0 Å². The van der Waals surface area contributed by atoms with Crippen LogP contribution >= 0.6 is 0 Å². The van der Waals surface area contributed by atoms with Crippen LogP contribution in [0.4, 0.5) is 0 Å². The number of hydrogen-bond donors (Lipinski definition) is 0. The molecule has 0 fully saturated rings. The first-order valence-electron chi connectivity index (χ1n) is 0.167. The van der Waals surface area contributed by atoms with E-state index in [9.17, 15) is 0 Å². The van der Waals surface area contributed by atoms with Crippen LogP contribution in [0.25, 0.3) is 0 Å². The van der Waals surface area contributed by atoms with Crippen molar-refractivity contribution in [3.8, 4) is 0 Å². The van der Waals surface area contributed by atoms with E-state index in [4.69, 9.17) is 9.93 Å². The first-order valence-corrected chi connectivity index (χ1v) is 0.167. The van der Waals surface area contributed by atoms with Gasteiger partial charge < -0.3 is 0 Å². The van der Waals surface area contributed by atoms with Gasteiger partial charge in [-0.05, 0) is 0 Å². The molecule has 0 aliphatic heterocycles. The SMILES string of the molecule is O=O.[In].[Zn]. The summed E-state index contributed by atoms with van der Waals surface area (Å²) in [5, 5.41) is 0. The molecule has 3 radical (unpaired) electrons. The Kier molecular flexibility index (Phi) is 159. The van der Waals surface area contributed by atoms with Crippen molar-refractivity contribution in [2.24, 2.45) is 0 Å². The molecule has 0 amide bonds. The van der Waals surface area contributed by atoms with Crippen molar-refractivity contribution in [2.75, 3.05) is 0 Å². The van der Waals surface area contributed by atoms with E-state index >= 15 is 0 Å². The quantitative estimate of drug-likeness (QED) is 0.516. The van der Waals surface area contributed by atoms with E-state index < -0.39 is 0 Å². The Hall–Kier alpha value is 1.09. The molecule has 0 unspecified atom stereocenters. The van der Waals surface area contributed by atoms with Crippen LogP contribution in [-0.2, 0) is 19.5 Å². The predicted octanol–water partition coefficient (Wildman–Crippen LogP) is -0.316. The molecule has 0 rings (SSSR count). The van der Waals surface area contributed by atoms with Crippen LogP contribution in [0.2, 0.25) is 0 Å². The fourth-order valence-corrected chi connectivity index (χ4v) is 0. The molecule has 0 aromatic rings. The Morgan fingerprint density at radius 1 is 1.00 bits per heavy atom. The smallest absolute Gasteiger partial charge is 0 e. The molecule has 4 heavy (non-hydrogen) atoms. The second-order valence-electron chi connectivity index (χ2n) is 0. The van der Waals surface area contributed by atoms with Crippen LogP contribution in [0.3, 0.4) is 0 Å². The van der Waals surface area contributed by atoms with Crippen LogP contribution in [0.15, 0.2) is 0 Å². The van der Waals surface area contributed by atoms with Crippen molar-refractivity contribution in [2.45, 2.75) is 0 Å². The summed E-state index contributed by atoms with van der Waals surface area (Å²) >= 11 is 0. The van der Waals surface area contributed by atoms with Gasteiger partial charge in [0, 0.05) is 55.3 Å². The van der Waals surface area contributed by atoms with Gasteiger partial charge in [-0.25, -0.2) is 0 Å². The third-order valence-electron chi connectivity index (χ3n) is 0. The summed E-state index contributed by atoms with van der Waals surface area (Å²) in [7, 11) is 0. The van der Waals surface area contributed by atoms with Crippen molar-refractivity contribution in [1.82, 2.24) is 0 Å². The maximum absolute atomic E-state index is 7.00. The Balaban J connectivity index is -0.00000000500. The summed E-state index contributed by atoms with van der Waals surface area (Å²) in [5.74, 6) is 0. The van der Waals surface area contributed by atoms with Gasteiger partial charge in [-0.2, -0.15) is 0 Å². The summed E-state index contributed by atoms with van der Waals surface area (Å²) in [6.07, 6.45) is 0. The molecule has 0 atom stereocenters. The first kappa shape index (κ1) is 19.5. The van der Waals surface area contributed by atoms with Crippen LogP contribution in [0, 0.1) is 9.93 Å². The molecule has 0 aliphatic rings. The van der Waals surface area contributed by atoms with Crippen LogP contribution in [0.5, 0.6) is 0 Å². The Morgan fingerprint density at radius 3 is 1.00 bits per heavy atom. The molecule has 0 spiro atoms. The summed E-state index contributed by atoms with van der Waals surface area (Å²) in [6.45, 7) is 0. The monoisotopic (exact) mass is 211 g/mol. The Labute approximate surface area is 55.1 Å². The molecule has 0 aliphatic carbocycles.